The quantitative estimate of drug-likeness (QED) is 0.599. The molecular weight excluding hydrogens is 286 g/mol. The van der Waals surface area contributed by atoms with Crippen molar-refractivity contribution >= 4 is 25.6 Å². The Labute approximate surface area is 118 Å². The number of carbonyl (C=O) groups is 1. The van der Waals surface area contributed by atoms with E-state index in [1.807, 2.05) is 6.92 Å². The molecule has 0 unspecified atom stereocenters. The molecule has 0 saturated carbocycles. The van der Waals surface area contributed by atoms with Crippen molar-refractivity contribution < 1.29 is 13.2 Å². The molecule has 1 rings (SSSR count). The molecule has 0 bridgehead atoms. The highest BCUT2D eigenvalue weighted by Gasteiger charge is 2.23. The number of hydrogen-bond donors (Lipinski definition) is 0. The first kappa shape index (κ1) is 15.7. The summed E-state index contributed by atoms with van der Waals surface area (Å²) in [4.78, 5) is 13.7. The fourth-order valence-corrected chi connectivity index (χ4v) is 2.79. The second kappa shape index (κ2) is 6.73. The normalized spacial score (nSPS) is 11.1. The van der Waals surface area contributed by atoms with Crippen molar-refractivity contribution in [3.05, 3.63) is 42.5 Å². The highest BCUT2D eigenvalue weighted by molar-refractivity contribution is 8.13. The molecule has 0 aliphatic rings. The van der Waals surface area contributed by atoms with Gasteiger partial charge in [-0.05, 0) is 18.6 Å². The largest absolute Gasteiger partial charge is 0.335 e. The molecule has 104 valence electrons. The van der Waals surface area contributed by atoms with Crippen LogP contribution in [0.3, 0.4) is 0 Å². The summed E-state index contributed by atoms with van der Waals surface area (Å²) in [5.41, 5.74) is 0.0906. The predicted molar refractivity (Wildman–Crippen MR) is 75.9 cm³/mol. The average Bonchev–Trinajstić information content (AvgIpc) is 2.37. The Bertz CT molecular complexity index is 569. The van der Waals surface area contributed by atoms with Crippen molar-refractivity contribution in [2.75, 3.05) is 13.1 Å². The predicted octanol–water partition coefficient (Wildman–Crippen LogP) is 2.65. The van der Waals surface area contributed by atoms with E-state index in [1.165, 1.54) is 23.1 Å². The molecule has 0 fully saturated rings. The Morgan fingerprint density at radius 1 is 1.42 bits per heavy atom. The Kier molecular flexibility index (Phi) is 5.57. The van der Waals surface area contributed by atoms with Crippen LogP contribution in [0.15, 0.2) is 41.8 Å². The Hall–Kier alpha value is -1.33. The molecule has 0 atom stereocenters. The molecule has 0 aliphatic heterocycles. The van der Waals surface area contributed by atoms with Gasteiger partial charge in [0.25, 0.3) is 15.0 Å². The smallest absolute Gasteiger partial charge is 0.262 e. The molecule has 1 amide bonds. The van der Waals surface area contributed by atoms with Gasteiger partial charge in [-0.1, -0.05) is 25.1 Å². The molecule has 0 spiro atoms. The summed E-state index contributed by atoms with van der Waals surface area (Å²) in [6, 6.07) is 5.93. The van der Waals surface area contributed by atoms with Crippen molar-refractivity contribution in [2.24, 2.45) is 0 Å². The maximum atomic E-state index is 12.3. The van der Waals surface area contributed by atoms with Gasteiger partial charge in [0.05, 0.1) is 10.5 Å². The number of rotatable bonds is 6. The lowest BCUT2D eigenvalue weighted by Gasteiger charge is -2.21. The Balaban J connectivity index is 3.21. The highest BCUT2D eigenvalue weighted by Crippen LogP contribution is 2.21. The summed E-state index contributed by atoms with van der Waals surface area (Å²) in [5.74, 6) is -0.360. The van der Waals surface area contributed by atoms with Crippen LogP contribution < -0.4 is 0 Å². The van der Waals surface area contributed by atoms with Gasteiger partial charge in [-0.15, -0.1) is 6.58 Å². The van der Waals surface area contributed by atoms with Gasteiger partial charge in [0, 0.05) is 23.8 Å². The summed E-state index contributed by atoms with van der Waals surface area (Å²) < 4.78 is 22.9. The molecule has 1 aromatic rings. The van der Waals surface area contributed by atoms with Crippen LogP contribution in [0.5, 0.6) is 0 Å². The minimum atomic E-state index is -3.94. The third-order valence-corrected chi connectivity index (χ3v) is 3.89. The number of carbonyl (C=O) groups excluding carboxylic acids is 1. The lowest BCUT2D eigenvalue weighted by atomic mass is 10.2. The monoisotopic (exact) mass is 301 g/mol. The number of benzene rings is 1. The molecule has 19 heavy (non-hydrogen) atoms. The Morgan fingerprint density at radius 2 is 2.05 bits per heavy atom. The van der Waals surface area contributed by atoms with Crippen molar-refractivity contribution in [1.82, 2.24) is 4.90 Å². The van der Waals surface area contributed by atoms with Crippen LogP contribution in [-0.2, 0) is 9.05 Å². The van der Waals surface area contributed by atoms with E-state index >= 15 is 0 Å². The third-order valence-electron chi connectivity index (χ3n) is 2.51. The zero-order valence-electron chi connectivity index (χ0n) is 10.7. The molecule has 4 nitrogen and oxygen atoms in total. The minimum Gasteiger partial charge on any atom is -0.335 e. The summed E-state index contributed by atoms with van der Waals surface area (Å²) in [6.07, 6.45) is 2.38. The van der Waals surface area contributed by atoms with Gasteiger partial charge in [-0.25, -0.2) is 8.42 Å². The summed E-state index contributed by atoms with van der Waals surface area (Å²) in [5, 5.41) is 0. The van der Waals surface area contributed by atoms with Gasteiger partial charge in [0.2, 0.25) is 0 Å². The van der Waals surface area contributed by atoms with E-state index in [9.17, 15) is 13.2 Å². The van der Waals surface area contributed by atoms with Gasteiger partial charge in [0.1, 0.15) is 0 Å². The Morgan fingerprint density at radius 3 is 2.58 bits per heavy atom. The summed E-state index contributed by atoms with van der Waals surface area (Å²) in [7, 11) is 1.40. The maximum absolute atomic E-state index is 12.3. The first-order valence-electron chi connectivity index (χ1n) is 5.85. The van der Waals surface area contributed by atoms with E-state index in [4.69, 9.17) is 10.7 Å². The zero-order valence-corrected chi connectivity index (χ0v) is 12.2. The second-order valence-corrected chi connectivity index (χ2v) is 6.51. The van der Waals surface area contributed by atoms with Crippen LogP contribution in [-0.4, -0.2) is 32.3 Å². The van der Waals surface area contributed by atoms with Crippen LogP contribution in [0.25, 0.3) is 0 Å². The first-order valence-corrected chi connectivity index (χ1v) is 8.16. The molecule has 0 N–H and O–H groups in total. The molecule has 0 heterocycles. The highest BCUT2D eigenvalue weighted by atomic mass is 35.7. The third kappa shape index (κ3) is 4.08. The molecule has 0 radical (unpaired) electrons. The molecular formula is C13H16ClNO3S. The standard InChI is InChI=1S/C13H16ClNO3S/c1-3-9-15(10-4-2)13(16)11-7-5-6-8-12(11)19(14,17)18/h3,5-8H,1,4,9-10H2,2H3. The van der Waals surface area contributed by atoms with Crippen molar-refractivity contribution in [2.45, 2.75) is 18.2 Å². The van der Waals surface area contributed by atoms with E-state index in [1.54, 1.807) is 12.1 Å². The van der Waals surface area contributed by atoms with Gasteiger partial charge >= 0.3 is 0 Å². The van der Waals surface area contributed by atoms with E-state index < -0.39 is 9.05 Å². The molecule has 6 heteroatoms. The van der Waals surface area contributed by atoms with Gasteiger partial charge in [-0.3, -0.25) is 4.79 Å². The molecule has 1 aromatic carbocycles. The van der Waals surface area contributed by atoms with Crippen LogP contribution in [0.2, 0.25) is 0 Å². The van der Waals surface area contributed by atoms with E-state index in [-0.39, 0.29) is 16.4 Å². The van der Waals surface area contributed by atoms with E-state index in [0.29, 0.717) is 13.1 Å². The van der Waals surface area contributed by atoms with Crippen LogP contribution in [0.4, 0.5) is 0 Å². The lowest BCUT2D eigenvalue weighted by Crippen LogP contribution is -2.32. The van der Waals surface area contributed by atoms with Crippen molar-refractivity contribution in [3.63, 3.8) is 0 Å². The number of amides is 1. The van der Waals surface area contributed by atoms with Crippen LogP contribution in [0.1, 0.15) is 23.7 Å². The second-order valence-electron chi connectivity index (χ2n) is 3.97. The van der Waals surface area contributed by atoms with Gasteiger partial charge in [0.15, 0.2) is 0 Å². The number of hydrogen-bond acceptors (Lipinski definition) is 3. The topological polar surface area (TPSA) is 54.5 Å². The SMILES string of the molecule is C=CCN(CCC)C(=O)c1ccccc1S(=O)(=O)Cl. The maximum Gasteiger partial charge on any atom is 0.262 e. The zero-order chi connectivity index (χ0) is 14.5. The van der Waals surface area contributed by atoms with E-state index in [2.05, 4.69) is 6.58 Å². The first-order chi connectivity index (χ1) is 8.91. The van der Waals surface area contributed by atoms with Crippen molar-refractivity contribution in [1.29, 1.82) is 0 Å². The average molecular weight is 302 g/mol. The molecule has 0 aliphatic carbocycles. The fourth-order valence-electron chi connectivity index (χ4n) is 1.73. The molecule has 0 saturated heterocycles. The van der Waals surface area contributed by atoms with E-state index in [0.717, 1.165) is 6.42 Å². The number of halogens is 1. The van der Waals surface area contributed by atoms with Gasteiger partial charge < -0.3 is 4.90 Å². The molecule has 0 aromatic heterocycles. The van der Waals surface area contributed by atoms with Crippen LogP contribution >= 0.6 is 10.7 Å². The summed E-state index contributed by atoms with van der Waals surface area (Å²) in [6.45, 7) is 6.42. The minimum absolute atomic E-state index is 0.0906. The lowest BCUT2D eigenvalue weighted by molar-refractivity contribution is 0.0770. The van der Waals surface area contributed by atoms with Gasteiger partial charge in [-0.2, -0.15) is 0 Å². The number of nitrogens with zero attached hydrogens (tertiary/aromatic N) is 1. The van der Waals surface area contributed by atoms with Crippen LogP contribution in [0, 0.1) is 0 Å². The fraction of sp³-hybridized carbons (Fsp3) is 0.308. The summed E-state index contributed by atoms with van der Waals surface area (Å²) >= 11 is 0. The van der Waals surface area contributed by atoms with Crippen molar-refractivity contribution in [3.8, 4) is 0 Å².